The number of aliphatic imine (C=N–C) groups is 1. The number of halogens is 2. The Kier molecular flexibility index (Phi) is 5.27. The Balaban J connectivity index is 1.88. The number of guanidine groups is 1. The second-order valence-electron chi connectivity index (χ2n) is 6.80. The average molecular weight is 404 g/mol. The summed E-state index contributed by atoms with van der Waals surface area (Å²) in [5.41, 5.74) is 7.19. The second-order valence-corrected chi connectivity index (χ2v) is 7.64. The van der Waals surface area contributed by atoms with E-state index in [0.717, 1.165) is 11.1 Å². The number of Topliss-reactive ketones (excluding diaryl/α,β-unsaturated/α-hetero) is 1. The molecule has 0 spiro atoms. The van der Waals surface area contributed by atoms with Gasteiger partial charge in [-0.1, -0.05) is 47.5 Å². The fourth-order valence-corrected chi connectivity index (χ4v) is 3.60. The van der Waals surface area contributed by atoms with Crippen molar-refractivity contribution in [2.45, 2.75) is 25.3 Å². The number of carbonyl (C=O) groups is 2. The Hall–Kier alpha value is -2.37. The van der Waals surface area contributed by atoms with Crippen LogP contribution >= 0.6 is 23.2 Å². The fourth-order valence-electron chi connectivity index (χ4n) is 3.09. The predicted octanol–water partition coefficient (Wildman–Crippen LogP) is 3.81. The van der Waals surface area contributed by atoms with Crippen molar-refractivity contribution < 1.29 is 9.59 Å². The van der Waals surface area contributed by atoms with Crippen molar-refractivity contribution in [1.82, 2.24) is 4.90 Å². The summed E-state index contributed by atoms with van der Waals surface area (Å²) in [6, 6.07) is 12.3. The SMILES string of the molecule is CN1C(=O)CC(C)(c2cccc(CC(=O)c3ccc(Cl)cc3Cl)c2)N=C1N. The van der Waals surface area contributed by atoms with Crippen LogP contribution in [0.4, 0.5) is 0 Å². The molecule has 5 nitrogen and oxygen atoms in total. The Labute approximate surface area is 167 Å². The lowest BCUT2D eigenvalue weighted by Gasteiger charge is -2.33. The van der Waals surface area contributed by atoms with E-state index in [1.807, 2.05) is 31.2 Å². The number of hydrogen-bond donors (Lipinski definition) is 1. The molecule has 0 fully saturated rings. The third-order valence-electron chi connectivity index (χ3n) is 4.72. The van der Waals surface area contributed by atoms with E-state index in [1.54, 1.807) is 25.2 Å². The number of amides is 1. The molecule has 1 unspecified atom stereocenters. The van der Waals surface area contributed by atoms with E-state index >= 15 is 0 Å². The summed E-state index contributed by atoms with van der Waals surface area (Å²) in [7, 11) is 1.60. The number of nitrogens with two attached hydrogens (primary N) is 1. The first-order chi connectivity index (χ1) is 12.7. The van der Waals surface area contributed by atoms with Crippen molar-refractivity contribution in [2.24, 2.45) is 10.7 Å². The minimum Gasteiger partial charge on any atom is -0.369 e. The zero-order chi connectivity index (χ0) is 19.8. The smallest absolute Gasteiger partial charge is 0.231 e. The lowest BCUT2D eigenvalue weighted by atomic mass is 9.86. The quantitative estimate of drug-likeness (QED) is 0.788. The highest BCUT2D eigenvalue weighted by atomic mass is 35.5. The Morgan fingerprint density at radius 1 is 1.26 bits per heavy atom. The van der Waals surface area contributed by atoms with Crippen LogP contribution in [0.15, 0.2) is 47.5 Å². The monoisotopic (exact) mass is 403 g/mol. The van der Waals surface area contributed by atoms with Crippen molar-refractivity contribution in [3.8, 4) is 0 Å². The molecule has 2 N–H and O–H groups in total. The van der Waals surface area contributed by atoms with E-state index in [9.17, 15) is 9.59 Å². The average Bonchev–Trinajstić information content (AvgIpc) is 2.59. The van der Waals surface area contributed by atoms with Gasteiger partial charge in [0.15, 0.2) is 11.7 Å². The molecule has 0 radical (unpaired) electrons. The highest BCUT2D eigenvalue weighted by Gasteiger charge is 2.36. The normalized spacial score (nSPS) is 19.8. The van der Waals surface area contributed by atoms with Crippen LogP contribution in [-0.4, -0.2) is 29.6 Å². The Bertz CT molecular complexity index is 958. The van der Waals surface area contributed by atoms with E-state index in [2.05, 4.69) is 4.99 Å². The first-order valence-electron chi connectivity index (χ1n) is 8.39. The largest absolute Gasteiger partial charge is 0.369 e. The third kappa shape index (κ3) is 3.99. The summed E-state index contributed by atoms with van der Waals surface area (Å²) >= 11 is 12.0. The van der Waals surface area contributed by atoms with Gasteiger partial charge in [-0.05, 0) is 36.2 Å². The number of nitrogens with zero attached hydrogens (tertiary/aromatic N) is 2. The van der Waals surface area contributed by atoms with Crippen LogP contribution in [0.3, 0.4) is 0 Å². The number of ketones is 1. The topological polar surface area (TPSA) is 75.8 Å². The number of carbonyl (C=O) groups excluding carboxylic acids is 2. The molecule has 1 aliphatic heterocycles. The summed E-state index contributed by atoms with van der Waals surface area (Å²) in [4.78, 5) is 30.7. The molecule has 140 valence electrons. The van der Waals surface area contributed by atoms with Crippen LogP contribution in [-0.2, 0) is 16.8 Å². The van der Waals surface area contributed by atoms with Gasteiger partial charge in [-0.2, -0.15) is 0 Å². The molecule has 1 atom stereocenters. The van der Waals surface area contributed by atoms with Gasteiger partial charge in [0, 0.05) is 24.1 Å². The first-order valence-corrected chi connectivity index (χ1v) is 9.15. The Morgan fingerprint density at radius 2 is 2.00 bits per heavy atom. The van der Waals surface area contributed by atoms with Gasteiger partial charge in [-0.15, -0.1) is 0 Å². The third-order valence-corrected chi connectivity index (χ3v) is 5.27. The summed E-state index contributed by atoms with van der Waals surface area (Å²) in [5, 5.41) is 0.808. The molecule has 27 heavy (non-hydrogen) atoms. The molecular weight excluding hydrogens is 385 g/mol. The minimum atomic E-state index is -0.759. The van der Waals surface area contributed by atoms with Crippen molar-refractivity contribution in [1.29, 1.82) is 0 Å². The van der Waals surface area contributed by atoms with Gasteiger partial charge in [0.05, 0.1) is 17.0 Å². The maximum atomic E-state index is 12.6. The van der Waals surface area contributed by atoms with E-state index in [1.165, 1.54) is 4.90 Å². The molecule has 1 aliphatic rings. The highest BCUT2D eigenvalue weighted by molar-refractivity contribution is 6.36. The van der Waals surface area contributed by atoms with Gasteiger partial charge in [0.2, 0.25) is 5.91 Å². The van der Waals surface area contributed by atoms with E-state index < -0.39 is 5.54 Å². The van der Waals surface area contributed by atoms with E-state index in [-0.39, 0.29) is 30.5 Å². The maximum Gasteiger partial charge on any atom is 0.231 e. The molecule has 1 amide bonds. The zero-order valence-corrected chi connectivity index (χ0v) is 16.5. The summed E-state index contributed by atoms with van der Waals surface area (Å²) in [6.45, 7) is 1.86. The second kappa shape index (κ2) is 7.33. The molecule has 0 saturated carbocycles. The number of rotatable bonds is 4. The van der Waals surface area contributed by atoms with Crippen molar-refractivity contribution >= 4 is 40.9 Å². The molecule has 2 aromatic rings. The molecule has 3 rings (SSSR count). The molecule has 0 saturated heterocycles. The lowest BCUT2D eigenvalue weighted by Crippen LogP contribution is -2.47. The maximum absolute atomic E-state index is 12.6. The number of benzene rings is 2. The predicted molar refractivity (Wildman–Crippen MR) is 107 cm³/mol. The molecule has 7 heteroatoms. The fraction of sp³-hybridized carbons (Fsp3) is 0.250. The summed E-state index contributed by atoms with van der Waals surface area (Å²) in [5.74, 6) is -0.0240. The molecular formula is C20H19Cl2N3O2. The Morgan fingerprint density at radius 3 is 2.67 bits per heavy atom. The number of hydrogen-bond acceptors (Lipinski definition) is 4. The minimum absolute atomic E-state index is 0.0978. The van der Waals surface area contributed by atoms with Gasteiger partial charge >= 0.3 is 0 Å². The zero-order valence-electron chi connectivity index (χ0n) is 15.0. The van der Waals surface area contributed by atoms with Crippen molar-refractivity contribution in [3.63, 3.8) is 0 Å². The highest BCUT2D eigenvalue weighted by Crippen LogP contribution is 2.33. The lowest BCUT2D eigenvalue weighted by molar-refractivity contribution is -0.128. The van der Waals surface area contributed by atoms with Gasteiger partial charge in [-0.3, -0.25) is 14.5 Å². The van der Waals surface area contributed by atoms with Gasteiger partial charge in [0.1, 0.15) is 0 Å². The van der Waals surface area contributed by atoms with E-state index in [4.69, 9.17) is 28.9 Å². The van der Waals surface area contributed by atoms with Crippen LogP contribution in [0.2, 0.25) is 10.0 Å². The van der Waals surface area contributed by atoms with Crippen molar-refractivity contribution in [3.05, 3.63) is 69.2 Å². The standard InChI is InChI=1S/C20H19Cl2N3O2/c1-20(11-18(27)25(2)19(23)24-20)13-5-3-4-12(8-13)9-17(26)15-7-6-14(21)10-16(15)22/h3-8,10H,9,11H2,1-2H3,(H2,23,24). The summed E-state index contributed by atoms with van der Waals surface area (Å²) < 4.78 is 0. The van der Waals surface area contributed by atoms with Gasteiger partial charge < -0.3 is 5.73 Å². The molecule has 1 heterocycles. The molecule has 2 aromatic carbocycles. The van der Waals surface area contributed by atoms with Crippen LogP contribution < -0.4 is 5.73 Å². The summed E-state index contributed by atoms with van der Waals surface area (Å²) in [6.07, 6.45) is 0.392. The van der Waals surface area contributed by atoms with Crippen molar-refractivity contribution in [2.75, 3.05) is 7.05 Å². The molecule has 0 aromatic heterocycles. The molecule has 0 aliphatic carbocycles. The van der Waals surface area contributed by atoms with Crippen LogP contribution in [0.5, 0.6) is 0 Å². The first kappa shape index (κ1) is 19.4. The van der Waals surface area contributed by atoms with Gasteiger partial charge in [-0.25, -0.2) is 4.99 Å². The van der Waals surface area contributed by atoms with Crippen LogP contribution in [0.1, 0.15) is 34.8 Å². The van der Waals surface area contributed by atoms with Crippen LogP contribution in [0, 0.1) is 0 Å². The van der Waals surface area contributed by atoms with Crippen LogP contribution in [0.25, 0.3) is 0 Å². The van der Waals surface area contributed by atoms with E-state index in [0.29, 0.717) is 15.6 Å². The molecule has 0 bridgehead atoms. The van der Waals surface area contributed by atoms with Gasteiger partial charge in [0.25, 0.3) is 0 Å².